The zero-order chi connectivity index (χ0) is 8.36. The van der Waals surface area contributed by atoms with E-state index in [4.69, 9.17) is 4.74 Å². The second-order valence-electron chi connectivity index (χ2n) is 2.11. The van der Waals surface area contributed by atoms with E-state index in [-0.39, 0.29) is 0 Å². The van der Waals surface area contributed by atoms with Gasteiger partial charge in [-0.05, 0) is 0 Å². The van der Waals surface area contributed by atoms with Gasteiger partial charge in [-0.1, -0.05) is 6.08 Å². The molecule has 0 heterocycles. The first kappa shape index (κ1) is 11.0. The predicted molar refractivity (Wildman–Crippen MR) is 52.3 cm³/mol. The minimum absolute atomic E-state index is 0.798. The van der Waals surface area contributed by atoms with Gasteiger partial charge in [-0.25, -0.2) is 0 Å². The first-order valence-corrected chi connectivity index (χ1v) is 4.95. The Balaban J connectivity index is 2.74. The monoisotopic (exact) mass is 175 g/mol. The highest BCUT2D eigenvalue weighted by Crippen LogP contribution is 1.96. The zero-order valence-corrected chi connectivity index (χ0v) is 7.95. The molecule has 11 heavy (non-hydrogen) atoms. The first-order chi connectivity index (χ1) is 5.41. The molecule has 2 nitrogen and oxygen atoms in total. The van der Waals surface area contributed by atoms with E-state index in [1.807, 2.05) is 17.8 Å². The molecule has 0 aromatic carbocycles. The van der Waals surface area contributed by atoms with Crippen molar-refractivity contribution >= 4 is 11.8 Å². The van der Waals surface area contributed by atoms with Gasteiger partial charge in [-0.3, -0.25) is 0 Å². The summed E-state index contributed by atoms with van der Waals surface area (Å²) in [6.45, 7) is 6.45. The number of rotatable bonds is 8. The Bertz CT molecular complexity index is 88.2. The summed E-state index contributed by atoms with van der Waals surface area (Å²) in [7, 11) is 1.72. The molecular formula is C8H17NOS. The van der Waals surface area contributed by atoms with Gasteiger partial charge < -0.3 is 10.1 Å². The lowest BCUT2D eigenvalue weighted by molar-refractivity contribution is 0.200. The van der Waals surface area contributed by atoms with Crippen LogP contribution in [-0.4, -0.2) is 38.3 Å². The van der Waals surface area contributed by atoms with Crippen molar-refractivity contribution in [2.75, 3.05) is 38.3 Å². The third-order valence-corrected chi connectivity index (χ3v) is 2.11. The molecule has 0 aliphatic rings. The molecular weight excluding hydrogens is 158 g/mol. The van der Waals surface area contributed by atoms with E-state index in [2.05, 4.69) is 11.9 Å². The van der Waals surface area contributed by atoms with Gasteiger partial charge in [-0.15, -0.1) is 6.58 Å². The summed E-state index contributed by atoms with van der Waals surface area (Å²) in [6, 6.07) is 0. The first-order valence-electron chi connectivity index (χ1n) is 3.80. The summed E-state index contributed by atoms with van der Waals surface area (Å²) < 4.78 is 4.88. The molecule has 3 heteroatoms. The normalized spacial score (nSPS) is 9.91. The number of methoxy groups -OCH3 is 1. The third-order valence-electron chi connectivity index (χ3n) is 1.14. The molecule has 0 aliphatic heterocycles. The van der Waals surface area contributed by atoms with Crippen molar-refractivity contribution in [1.82, 2.24) is 5.32 Å². The van der Waals surface area contributed by atoms with Crippen molar-refractivity contribution in [2.45, 2.75) is 0 Å². The lowest BCUT2D eigenvalue weighted by Crippen LogP contribution is -2.21. The molecule has 0 unspecified atom stereocenters. The number of hydrogen-bond donors (Lipinski definition) is 1. The van der Waals surface area contributed by atoms with E-state index < -0.39 is 0 Å². The predicted octanol–water partition coefficient (Wildman–Crippen LogP) is 1.14. The fraction of sp³-hybridized carbons (Fsp3) is 0.750. The quantitative estimate of drug-likeness (QED) is 0.441. The average molecular weight is 175 g/mol. The summed E-state index contributed by atoms with van der Waals surface area (Å²) in [5.41, 5.74) is 0. The highest BCUT2D eigenvalue weighted by Gasteiger charge is 1.86. The molecule has 0 rings (SSSR count). The van der Waals surface area contributed by atoms with Crippen molar-refractivity contribution < 1.29 is 4.74 Å². The molecule has 0 aromatic rings. The van der Waals surface area contributed by atoms with Crippen LogP contribution >= 0.6 is 11.8 Å². The van der Waals surface area contributed by atoms with Crippen LogP contribution in [0, 0.1) is 0 Å². The van der Waals surface area contributed by atoms with Gasteiger partial charge in [0.05, 0.1) is 6.61 Å². The minimum atomic E-state index is 0.798. The SMILES string of the molecule is C=CCSCCNCCOC. The van der Waals surface area contributed by atoms with E-state index in [1.165, 1.54) is 0 Å². The maximum absolute atomic E-state index is 4.88. The number of ether oxygens (including phenoxy) is 1. The van der Waals surface area contributed by atoms with E-state index in [1.54, 1.807) is 7.11 Å². The lowest BCUT2D eigenvalue weighted by atomic mass is 10.6. The summed E-state index contributed by atoms with van der Waals surface area (Å²) in [4.78, 5) is 0. The Kier molecular flexibility index (Phi) is 10.0. The minimum Gasteiger partial charge on any atom is -0.383 e. The summed E-state index contributed by atoms with van der Waals surface area (Å²) in [6.07, 6.45) is 1.93. The van der Waals surface area contributed by atoms with Gasteiger partial charge >= 0.3 is 0 Å². The molecule has 0 fully saturated rings. The summed E-state index contributed by atoms with van der Waals surface area (Å²) in [5, 5.41) is 3.27. The molecule has 66 valence electrons. The highest BCUT2D eigenvalue weighted by atomic mass is 32.2. The molecule has 0 atom stereocenters. The lowest BCUT2D eigenvalue weighted by Gasteiger charge is -2.01. The van der Waals surface area contributed by atoms with Crippen LogP contribution in [-0.2, 0) is 4.74 Å². The molecule has 0 spiro atoms. The Morgan fingerprint density at radius 1 is 1.55 bits per heavy atom. The average Bonchev–Trinajstić information content (AvgIpc) is 2.03. The Morgan fingerprint density at radius 3 is 3.00 bits per heavy atom. The number of hydrogen-bond acceptors (Lipinski definition) is 3. The van der Waals surface area contributed by atoms with Gasteiger partial charge in [0.1, 0.15) is 0 Å². The van der Waals surface area contributed by atoms with Crippen molar-refractivity contribution in [2.24, 2.45) is 0 Å². The van der Waals surface area contributed by atoms with Crippen LogP contribution in [0.4, 0.5) is 0 Å². The van der Waals surface area contributed by atoms with E-state index >= 15 is 0 Å². The fourth-order valence-electron chi connectivity index (χ4n) is 0.610. The largest absolute Gasteiger partial charge is 0.383 e. The van der Waals surface area contributed by atoms with Crippen LogP contribution in [0.5, 0.6) is 0 Å². The van der Waals surface area contributed by atoms with Crippen LogP contribution < -0.4 is 5.32 Å². The van der Waals surface area contributed by atoms with Gasteiger partial charge in [0.15, 0.2) is 0 Å². The van der Waals surface area contributed by atoms with E-state index in [0.717, 1.165) is 31.2 Å². The summed E-state index contributed by atoms with van der Waals surface area (Å²) in [5.74, 6) is 2.20. The van der Waals surface area contributed by atoms with Gasteiger partial charge in [-0.2, -0.15) is 11.8 Å². The molecule has 0 radical (unpaired) electrons. The van der Waals surface area contributed by atoms with Crippen LogP contribution in [0.15, 0.2) is 12.7 Å². The number of nitrogens with one attached hydrogen (secondary N) is 1. The second kappa shape index (κ2) is 10.0. The van der Waals surface area contributed by atoms with Gasteiger partial charge in [0, 0.05) is 31.7 Å². The third kappa shape index (κ3) is 10.0. The maximum atomic E-state index is 4.88. The van der Waals surface area contributed by atoms with Crippen molar-refractivity contribution in [3.8, 4) is 0 Å². The number of thioether (sulfide) groups is 1. The molecule has 1 N–H and O–H groups in total. The Hall–Kier alpha value is 0.01000. The maximum Gasteiger partial charge on any atom is 0.0587 e. The molecule has 0 amide bonds. The Labute approximate surface area is 73.4 Å². The van der Waals surface area contributed by atoms with Crippen LogP contribution in [0.3, 0.4) is 0 Å². The highest BCUT2D eigenvalue weighted by molar-refractivity contribution is 7.99. The van der Waals surface area contributed by atoms with Crippen LogP contribution in [0.1, 0.15) is 0 Å². The van der Waals surface area contributed by atoms with Crippen LogP contribution in [0.25, 0.3) is 0 Å². The van der Waals surface area contributed by atoms with Crippen molar-refractivity contribution in [1.29, 1.82) is 0 Å². The zero-order valence-electron chi connectivity index (χ0n) is 7.14. The van der Waals surface area contributed by atoms with Gasteiger partial charge in [0.25, 0.3) is 0 Å². The molecule has 0 aliphatic carbocycles. The van der Waals surface area contributed by atoms with E-state index in [0.29, 0.717) is 0 Å². The molecule has 0 aromatic heterocycles. The second-order valence-corrected chi connectivity index (χ2v) is 3.26. The topological polar surface area (TPSA) is 21.3 Å². The summed E-state index contributed by atoms with van der Waals surface area (Å²) >= 11 is 1.89. The molecule has 0 bridgehead atoms. The molecule has 0 saturated carbocycles. The van der Waals surface area contributed by atoms with Crippen LogP contribution in [0.2, 0.25) is 0 Å². The van der Waals surface area contributed by atoms with E-state index in [9.17, 15) is 0 Å². The van der Waals surface area contributed by atoms with Crippen molar-refractivity contribution in [3.63, 3.8) is 0 Å². The Morgan fingerprint density at radius 2 is 2.36 bits per heavy atom. The standard InChI is InChI=1S/C8H17NOS/c1-3-7-11-8-5-9-4-6-10-2/h3,9H,1,4-8H2,2H3. The van der Waals surface area contributed by atoms with Crippen molar-refractivity contribution in [3.05, 3.63) is 12.7 Å². The fourth-order valence-corrected chi connectivity index (χ4v) is 1.23. The smallest absolute Gasteiger partial charge is 0.0587 e. The molecule has 0 saturated heterocycles. The van der Waals surface area contributed by atoms with Gasteiger partial charge in [0.2, 0.25) is 0 Å².